The van der Waals surface area contributed by atoms with Crippen molar-refractivity contribution in [1.82, 2.24) is 0 Å². The van der Waals surface area contributed by atoms with Gasteiger partial charge >= 0.3 is 17.9 Å². The van der Waals surface area contributed by atoms with Crippen LogP contribution in [0.15, 0.2) is 72.9 Å². The Morgan fingerprint density at radius 1 is 0.361 bits per heavy atom. The van der Waals surface area contributed by atoms with Crippen molar-refractivity contribution >= 4 is 17.9 Å². The van der Waals surface area contributed by atoms with Crippen LogP contribution in [0.3, 0.4) is 0 Å². The van der Waals surface area contributed by atoms with Crippen LogP contribution in [0.2, 0.25) is 0 Å². The molecule has 0 aliphatic carbocycles. The van der Waals surface area contributed by atoms with Gasteiger partial charge < -0.3 is 14.2 Å². The van der Waals surface area contributed by atoms with Crippen molar-refractivity contribution in [3.8, 4) is 0 Å². The Morgan fingerprint density at radius 3 is 1.18 bits per heavy atom. The Morgan fingerprint density at radius 2 is 0.721 bits per heavy atom. The average Bonchev–Trinajstić information content (AvgIpc) is 3.26. The van der Waals surface area contributed by atoms with Gasteiger partial charge in [-0.3, -0.25) is 14.4 Å². The SMILES string of the molecule is CC/C=C/C=C/C=C/CCCCCCCC(=O)OCC(COC(=O)CCCCCCC/C=C/CCCCCCCCC)OC(=O)CCCCCCCCC/C=C/C/C=C/CC. The number of unbranched alkanes of at least 4 members (excludes halogenated alkanes) is 24. The zero-order valence-electron chi connectivity index (χ0n) is 39.9. The van der Waals surface area contributed by atoms with Crippen LogP contribution < -0.4 is 0 Å². The van der Waals surface area contributed by atoms with E-state index in [1.807, 2.05) is 0 Å². The molecule has 0 bridgehead atoms. The fraction of sp³-hybridized carbons (Fsp3) is 0.727. The molecule has 0 saturated heterocycles. The number of carbonyl (C=O) groups excluding carboxylic acids is 3. The molecule has 0 heterocycles. The lowest BCUT2D eigenvalue weighted by Gasteiger charge is -2.18. The number of hydrogen-bond acceptors (Lipinski definition) is 6. The van der Waals surface area contributed by atoms with Gasteiger partial charge in [0.1, 0.15) is 13.2 Å². The second kappa shape index (κ2) is 49.5. The molecule has 6 nitrogen and oxygen atoms in total. The van der Waals surface area contributed by atoms with Crippen molar-refractivity contribution in [2.75, 3.05) is 13.2 Å². The van der Waals surface area contributed by atoms with Gasteiger partial charge in [-0.25, -0.2) is 0 Å². The number of rotatable bonds is 45. The minimum absolute atomic E-state index is 0.0899. The highest BCUT2D eigenvalue weighted by molar-refractivity contribution is 5.71. The van der Waals surface area contributed by atoms with Crippen LogP contribution >= 0.6 is 0 Å². The topological polar surface area (TPSA) is 78.9 Å². The van der Waals surface area contributed by atoms with Gasteiger partial charge in [-0.15, -0.1) is 0 Å². The summed E-state index contributed by atoms with van der Waals surface area (Å²) >= 11 is 0. The van der Waals surface area contributed by atoms with E-state index in [9.17, 15) is 14.4 Å². The van der Waals surface area contributed by atoms with Crippen LogP contribution in [0.25, 0.3) is 0 Å². The third-order valence-corrected chi connectivity index (χ3v) is 10.7. The predicted octanol–water partition coefficient (Wildman–Crippen LogP) is 16.6. The fourth-order valence-electron chi connectivity index (χ4n) is 6.94. The van der Waals surface area contributed by atoms with Gasteiger partial charge in [0.25, 0.3) is 0 Å². The van der Waals surface area contributed by atoms with E-state index in [4.69, 9.17) is 14.2 Å². The Hall–Kier alpha value is -3.15. The highest BCUT2D eigenvalue weighted by atomic mass is 16.6. The monoisotopic (exact) mass is 851 g/mol. The van der Waals surface area contributed by atoms with E-state index < -0.39 is 6.10 Å². The van der Waals surface area contributed by atoms with E-state index in [-0.39, 0.29) is 31.1 Å². The third-order valence-electron chi connectivity index (χ3n) is 10.7. The molecule has 0 fully saturated rings. The maximum absolute atomic E-state index is 12.8. The lowest BCUT2D eigenvalue weighted by atomic mass is 10.1. The maximum Gasteiger partial charge on any atom is 0.306 e. The minimum atomic E-state index is -0.790. The smallest absolute Gasteiger partial charge is 0.306 e. The Labute approximate surface area is 376 Å². The highest BCUT2D eigenvalue weighted by Gasteiger charge is 2.19. The van der Waals surface area contributed by atoms with Crippen molar-refractivity contribution in [3.05, 3.63) is 72.9 Å². The van der Waals surface area contributed by atoms with Gasteiger partial charge in [-0.2, -0.15) is 0 Å². The van der Waals surface area contributed by atoms with Gasteiger partial charge in [-0.05, 0) is 89.9 Å². The van der Waals surface area contributed by atoms with Crippen molar-refractivity contribution < 1.29 is 28.6 Å². The number of allylic oxidation sites excluding steroid dienone is 12. The van der Waals surface area contributed by atoms with E-state index in [1.54, 1.807) is 0 Å². The van der Waals surface area contributed by atoms with Crippen LogP contribution in [-0.4, -0.2) is 37.2 Å². The van der Waals surface area contributed by atoms with Gasteiger partial charge in [0.05, 0.1) is 0 Å². The summed E-state index contributed by atoms with van der Waals surface area (Å²) in [6.07, 6.45) is 61.7. The summed E-state index contributed by atoms with van der Waals surface area (Å²) in [5, 5.41) is 0. The largest absolute Gasteiger partial charge is 0.462 e. The Kier molecular flexibility index (Phi) is 46.9. The van der Waals surface area contributed by atoms with E-state index in [0.29, 0.717) is 19.3 Å². The second-order valence-corrected chi connectivity index (χ2v) is 16.7. The molecule has 61 heavy (non-hydrogen) atoms. The van der Waals surface area contributed by atoms with Crippen molar-refractivity contribution in [3.63, 3.8) is 0 Å². The number of esters is 3. The highest BCUT2D eigenvalue weighted by Crippen LogP contribution is 2.14. The molecule has 6 heteroatoms. The minimum Gasteiger partial charge on any atom is -0.462 e. The van der Waals surface area contributed by atoms with E-state index in [2.05, 4.69) is 93.7 Å². The van der Waals surface area contributed by atoms with Crippen LogP contribution in [0.4, 0.5) is 0 Å². The van der Waals surface area contributed by atoms with Gasteiger partial charge in [0, 0.05) is 19.3 Å². The van der Waals surface area contributed by atoms with Gasteiger partial charge in [-0.1, -0.05) is 203 Å². The van der Waals surface area contributed by atoms with E-state index in [0.717, 1.165) is 109 Å². The summed E-state index contributed by atoms with van der Waals surface area (Å²) in [7, 11) is 0. The van der Waals surface area contributed by atoms with Gasteiger partial charge in [0.15, 0.2) is 6.10 Å². The lowest BCUT2D eigenvalue weighted by Crippen LogP contribution is -2.30. The Balaban J connectivity index is 4.42. The summed E-state index contributed by atoms with van der Waals surface area (Å²) in [5.74, 6) is -0.926. The zero-order chi connectivity index (χ0) is 44.4. The molecule has 0 aromatic heterocycles. The first-order valence-electron chi connectivity index (χ1n) is 25.5. The summed E-state index contributed by atoms with van der Waals surface area (Å²) < 4.78 is 16.8. The molecule has 0 aromatic carbocycles. The number of ether oxygens (including phenoxy) is 3. The number of hydrogen-bond donors (Lipinski definition) is 0. The summed E-state index contributed by atoms with van der Waals surface area (Å²) in [6, 6.07) is 0. The quantitative estimate of drug-likeness (QED) is 0.0200. The molecular weight excluding hydrogens is 757 g/mol. The van der Waals surface area contributed by atoms with Crippen LogP contribution in [0.5, 0.6) is 0 Å². The molecule has 0 amide bonds. The summed E-state index contributed by atoms with van der Waals surface area (Å²) in [4.78, 5) is 37.9. The zero-order valence-corrected chi connectivity index (χ0v) is 39.9. The maximum atomic E-state index is 12.8. The van der Waals surface area contributed by atoms with Crippen LogP contribution in [0.1, 0.15) is 239 Å². The first kappa shape index (κ1) is 57.9. The molecule has 350 valence electrons. The molecule has 1 unspecified atom stereocenters. The second-order valence-electron chi connectivity index (χ2n) is 16.7. The molecule has 0 rings (SSSR count). The van der Waals surface area contributed by atoms with Crippen LogP contribution in [0, 0.1) is 0 Å². The third kappa shape index (κ3) is 47.7. The first-order valence-corrected chi connectivity index (χ1v) is 25.5. The average molecular weight is 851 g/mol. The molecule has 1 atom stereocenters. The fourth-order valence-corrected chi connectivity index (χ4v) is 6.94. The molecular formula is C55H94O6. The number of carbonyl (C=O) groups is 3. The molecule has 0 aliphatic rings. The first-order chi connectivity index (χ1) is 30.0. The molecule has 0 spiro atoms. The predicted molar refractivity (Wildman–Crippen MR) is 261 cm³/mol. The summed E-state index contributed by atoms with van der Waals surface area (Å²) in [6.45, 7) is 6.37. The van der Waals surface area contributed by atoms with E-state index >= 15 is 0 Å². The molecule has 0 saturated carbocycles. The standard InChI is InChI=1S/C55H94O6/c1-4-7-10-13-16-19-22-25-27-28-31-33-36-39-42-45-48-54(57)60-51-52(50-59-53(56)47-44-41-38-35-32-29-24-21-18-15-12-9-6-3)61-55(58)49-46-43-40-37-34-30-26-23-20-17-14-11-8-5-2/h8-9,11-12,15,17-18,20-21,24,27-28,52H,4-7,10,13-14,16,19,22-23,25-26,29-51H2,1-3H3/b11-8+,12-9+,18-15+,20-17+,24-21+,28-27+. The molecule has 0 aliphatic heterocycles. The molecule has 0 N–H and O–H groups in total. The van der Waals surface area contributed by atoms with Crippen LogP contribution in [-0.2, 0) is 28.6 Å². The lowest BCUT2D eigenvalue weighted by molar-refractivity contribution is -0.167. The van der Waals surface area contributed by atoms with Crippen molar-refractivity contribution in [2.24, 2.45) is 0 Å². The van der Waals surface area contributed by atoms with Crippen molar-refractivity contribution in [1.29, 1.82) is 0 Å². The Bertz CT molecular complexity index is 1160. The normalized spacial score (nSPS) is 12.6. The molecule has 0 radical (unpaired) electrons. The molecule has 0 aromatic rings. The summed E-state index contributed by atoms with van der Waals surface area (Å²) in [5.41, 5.74) is 0. The van der Waals surface area contributed by atoms with Crippen molar-refractivity contribution in [2.45, 2.75) is 245 Å². The van der Waals surface area contributed by atoms with Gasteiger partial charge in [0.2, 0.25) is 0 Å². The van der Waals surface area contributed by atoms with E-state index in [1.165, 1.54) is 89.9 Å².